The molecule has 0 fully saturated rings. The van der Waals surface area contributed by atoms with Crippen molar-refractivity contribution in [3.8, 4) is 0 Å². The molecular weight excluding hydrogens is 374 g/mol. The molecular formula is C4H16N4O4Rh2. The molecule has 0 aromatic rings. The molecule has 14 heavy (non-hydrogen) atoms. The van der Waals surface area contributed by atoms with E-state index in [0.717, 1.165) is 0 Å². The molecule has 0 aliphatic rings. The average molecular weight is 390 g/mol. The van der Waals surface area contributed by atoms with Crippen LogP contribution in [-0.2, 0) is 39.0 Å². The van der Waals surface area contributed by atoms with Gasteiger partial charge < -0.3 is 43.4 Å². The summed E-state index contributed by atoms with van der Waals surface area (Å²) in [6, 6.07) is 0. The van der Waals surface area contributed by atoms with E-state index in [1.54, 1.807) is 0 Å². The summed E-state index contributed by atoms with van der Waals surface area (Å²) in [6.45, 7) is -2.00. The van der Waals surface area contributed by atoms with Crippen LogP contribution in [0.3, 0.4) is 0 Å². The molecule has 0 heterocycles. The Kier molecular flexibility index (Phi) is 249. The van der Waals surface area contributed by atoms with Crippen LogP contribution in [0.15, 0.2) is 0 Å². The van der Waals surface area contributed by atoms with Gasteiger partial charge in [0.2, 0.25) is 0 Å². The molecule has 0 aliphatic heterocycles. The van der Waals surface area contributed by atoms with Crippen LogP contribution in [0.25, 0.3) is 22.9 Å². The zero-order valence-corrected chi connectivity index (χ0v) is 10.6. The molecule has 0 bridgehead atoms. The van der Waals surface area contributed by atoms with Crippen molar-refractivity contribution in [1.82, 2.24) is 0 Å². The van der Waals surface area contributed by atoms with Crippen molar-refractivity contribution in [2.75, 3.05) is 26.9 Å². The Morgan fingerprint density at radius 1 is 0.500 bits per heavy atom. The van der Waals surface area contributed by atoms with Gasteiger partial charge in [-0.15, -0.1) is 0 Å². The molecule has 8 N–H and O–H groups in total. The summed E-state index contributed by atoms with van der Waals surface area (Å²) in [5.74, 6) is 0. The number of hydrogen-bond acceptors (Lipinski definition) is 4. The summed E-state index contributed by atoms with van der Waals surface area (Å²) in [7, 11) is 0. The van der Waals surface area contributed by atoms with E-state index in [4.69, 9.17) is 43.4 Å². The second kappa shape index (κ2) is 95.9. The number of aliphatic hydroxyl groups is 4. The van der Waals surface area contributed by atoms with E-state index in [0.29, 0.717) is 0 Å². The van der Waals surface area contributed by atoms with E-state index in [-0.39, 0.29) is 39.0 Å². The summed E-state index contributed by atoms with van der Waals surface area (Å²) in [4.78, 5) is 0. The first-order valence-corrected chi connectivity index (χ1v) is 2.68. The van der Waals surface area contributed by atoms with Gasteiger partial charge in [-0.05, 0) is 26.9 Å². The van der Waals surface area contributed by atoms with Crippen molar-refractivity contribution in [1.29, 1.82) is 0 Å². The van der Waals surface area contributed by atoms with E-state index in [9.17, 15) is 0 Å². The van der Waals surface area contributed by atoms with Crippen LogP contribution in [0, 0.1) is 0 Å². The topological polar surface area (TPSA) is 176 Å². The average Bonchev–Trinajstić information content (AvgIpc) is 1.92. The Hall–Kier alpha value is 0.927. The summed E-state index contributed by atoms with van der Waals surface area (Å²) >= 11 is 0. The van der Waals surface area contributed by atoms with Crippen LogP contribution in [0.5, 0.6) is 0 Å². The van der Waals surface area contributed by atoms with Gasteiger partial charge in [0, 0.05) is 0 Å². The molecule has 10 heteroatoms. The summed E-state index contributed by atoms with van der Waals surface area (Å²) in [5.41, 5.74) is 23.1. The van der Waals surface area contributed by atoms with Crippen molar-refractivity contribution >= 4 is 0 Å². The predicted octanol–water partition coefficient (Wildman–Crippen LogP) is -0.0514. The molecule has 0 saturated heterocycles. The van der Waals surface area contributed by atoms with Crippen LogP contribution in [0.1, 0.15) is 0 Å². The van der Waals surface area contributed by atoms with E-state index in [2.05, 4.69) is 0 Å². The van der Waals surface area contributed by atoms with Crippen LogP contribution in [-0.4, -0.2) is 47.3 Å². The summed E-state index contributed by atoms with van der Waals surface area (Å²) in [6.07, 6.45) is 0. The minimum absolute atomic E-state index is 0. The molecule has 0 rings (SSSR count). The van der Waals surface area contributed by atoms with Gasteiger partial charge in [0.05, 0.1) is 0 Å². The van der Waals surface area contributed by atoms with Crippen LogP contribution in [0.2, 0.25) is 0 Å². The second-order valence-corrected chi connectivity index (χ2v) is 0.632. The van der Waals surface area contributed by atoms with Crippen LogP contribution in [0.4, 0.5) is 0 Å². The first-order chi connectivity index (χ1) is 5.66. The first kappa shape index (κ1) is 36.3. The van der Waals surface area contributed by atoms with Gasteiger partial charge in [-0.1, -0.05) is 0 Å². The van der Waals surface area contributed by atoms with Gasteiger partial charge in [-0.25, -0.2) is 0 Å². The maximum atomic E-state index is 7.24. The van der Waals surface area contributed by atoms with Gasteiger partial charge >= 0.3 is 39.0 Å². The first-order valence-electron chi connectivity index (χ1n) is 2.68. The molecule has 0 aromatic heterocycles. The van der Waals surface area contributed by atoms with Gasteiger partial charge in [-0.2, -0.15) is 0 Å². The SMILES string of the molecule is [NH-]CO.[NH-]CO.[NH-]CO.[NH-]CO.[Rh+2].[Rh+2]. The monoisotopic (exact) mass is 390 g/mol. The third-order valence-corrected chi connectivity index (χ3v) is 0. The standard InChI is InChI=1S/4CH4NO.2Rh/c4*2-1-3;;/h4*2-3H,1H2;;/q4*-1;2*+2. The zero-order chi connectivity index (χ0) is 10.8. The molecule has 0 spiro atoms. The minimum atomic E-state index is -0.500. The van der Waals surface area contributed by atoms with Crippen LogP contribution < -0.4 is 0 Å². The fourth-order valence-corrected chi connectivity index (χ4v) is 0. The summed E-state index contributed by atoms with van der Waals surface area (Å²) in [5, 5.41) is 28.9. The van der Waals surface area contributed by atoms with E-state index < -0.39 is 26.9 Å². The largest absolute Gasteiger partial charge is 2.00 e. The molecule has 0 unspecified atom stereocenters. The summed E-state index contributed by atoms with van der Waals surface area (Å²) < 4.78 is 0. The van der Waals surface area contributed by atoms with Gasteiger partial charge in [0.25, 0.3) is 0 Å². The molecule has 94 valence electrons. The molecule has 0 aromatic carbocycles. The number of nitrogens with one attached hydrogen (secondary N) is 4. The molecule has 2 radical (unpaired) electrons. The Morgan fingerprint density at radius 3 is 0.500 bits per heavy atom. The van der Waals surface area contributed by atoms with E-state index >= 15 is 0 Å². The van der Waals surface area contributed by atoms with Gasteiger partial charge in [-0.3, -0.25) is 0 Å². The smallest absolute Gasteiger partial charge is 0.655 e. The van der Waals surface area contributed by atoms with Crippen molar-refractivity contribution in [2.24, 2.45) is 0 Å². The van der Waals surface area contributed by atoms with E-state index in [1.807, 2.05) is 0 Å². The van der Waals surface area contributed by atoms with Crippen molar-refractivity contribution < 1.29 is 59.4 Å². The van der Waals surface area contributed by atoms with Gasteiger partial charge in [0.15, 0.2) is 0 Å². The molecule has 8 nitrogen and oxygen atoms in total. The van der Waals surface area contributed by atoms with E-state index in [1.165, 1.54) is 0 Å². The maximum Gasteiger partial charge on any atom is 2.00 e. The Bertz CT molecular complexity index is 35.3. The fraction of sp³-hybridized carbons (Fsp3) is 1.00. The minimum Gasteiger partial charge on any atom is -0.655 e. The maximum absolute atomic E-state index is 7.24. The molecule has 0 amide bonds. The Morgan fingerprint density at radius 2 is 0.500 bits per heavy atom. The third-order valence-electron chi connectivity index (χ3n) is 0. The van der Waals surface area contributed by atoms with Crippen molar-refractivity contribution in [3.63, 3.8) is 0 Å². The predicted molar refractivity (Wildman–Crippen MR) is 45.6 cm³/mol. The number of aliphatic hydroxyl groups excluding tert-OH is 4. The zero-order valence-electron chi connectivity index (χ0n) is 7.28. The molecule has 0 aliphatic carbocycles. The number of rotatable bonds is 0. The Balaban J connectivity index is -0.0000000145. The van der Waals surface area contributed by atoms with Crippen molar-refractivity contribution in [2.45, 2.75) is 0 Å². The molecule has 0 saturated carbocycles. The quantitative estimate of drug-likeness (QED) is 0.424. The van der Waals surface area contributed by atoms with Crippen LogP contribution >= 0.6 is 0 Å². The Labute approximate surface area is 109 Å². The third kappa shape index (κ3) is 2140. The van der Waals surface area contributed by atoms with Gasteiger partial charge in [0.1, 0.15) is 0 Å². The second-order valence-electron chi connectivity index (χ2n) is 0.632. The number of hydrogen-bond donors (Lipinski definition) is 4. The fourth-order valence-electron chi connectivity index (χ4n) is 0. The normalized spacial score (nSPS) is 5.14. The molecule has 0 atom stereocenters. The van der Waals surface area contributed by atoms with Crippen molar-refractivity contribution in [3.05, 3.63) is 22.9 Å².